The number of amides is 1. The van der Waals surface area contributed by atoms with Gasteiger partial charge in [-0.2, -0.15) is 0 Å². The number of piperidine rings is 1. The molecule has 2 heterocycles. The van der Waals surface area contributed by atoms with Crippen LogP contribution in [0.3, 0.4) is 0 Å². The molecule has 0 aromatic heterocycles. The largest absolute Gasteiger partial charge is 0.341 e. The van der Waals surface area contributed by atoms with E-state index in [4.69, 9.17) is 0 Å². The smallest absolute Gasteiger partial charge is 0.240 e. The van der Waals surface area contributed by atoms with Crippen LogP contribution in [0, 0.1) is 5.92 Å². The first-order valence-corrected chi connectivity index (χ1v) is 9.94. The number of rotatable bonds is 3. The van der Waals surface area contributed by atoms with Gasteiger partial charge in [0.25, 0.3) is 0 Å². The molecule has 2 rings (SSSR count). The SMILES string of the molecule is O=C(C1CCCCS1(=O)=O)N1CCCC(CCBr)C1. The van der Waals surface area contributed by atoms with Crippen LogP contribution < -0.4 is 0 Å². The van der Waals surface area contributed by atoms with Crippen molar-refractivity contribution < 1.29 is 13.2 Å². The topological polar surface area (TPSA) is 54.5 Å². The van der Waals surface area contributed by atoms with Gasteiger partial charge in [-0.15, -0.1) is 0 Å². The first-order chi connectivity index (χ1) is 9.04. The summed E-state index contributed by atoms with van der Waals surface area (Å²) in [5.74, 6) is 0.560. The van der Waals surface area contributed by atoms with Crippen LogP contribution in [0.2, 0.25) is 0 Å². The minimum atomic E-state index is -3.20. The van der Waals surface area contributed by atoms with E-state index in [2.05, 4.69) is 15.9 Å². The summed E-state index contributed by atoms with van der Waals surface area (Å²) in [5.41, 5.74) is 0. The predicted octanol–water partition coefficient (Wildman–Crippen LogP) is 1.98. The van der Waals surface area contributed by atoms with Gasteiger partial charge in [-0.1, -0.05) is 22.4 Å². The molecule has 0 spiro atoms. The van der Waals surface area contributed by atoms with Gasteiger partial charge in [0.2, 0.25) is 5.91 Å². The number of alkyl halides is 1. The van der Waals surface area contributed by atoms with Crippen LogP contribution in [0.25, 0.3) is 0 Å². The molecule has 2 aliphatic heterocycles. The van der Waals surface area contributed by atoms with Crippen LogP contribution in [-0.2, 0) is 14.6 Å². The minimum Gasteiger partial charge on any atom is -0.341 e. The molecule has 2 fully saturated rings. The van der Waals surface area contributed by atoms with Crippen molar-refractivity contribution in [3.63, 3.8) is 0 Å². The zero-order valence-corrected chi connectivity index (χ0v) is 13.6. The Morgan fingerprint density at radius 2 is 2.00 bits per heavy atom. The van der Waals surface area contributed by atoms with Crippen molar-refractivity contribution in [3.8, 4) is 0 Å². The number of sulfone groups is 1. The summed E-state index contributed by atoms with van der Waals surface area (Å²) in [4.78, 5) is 14.2. The second-order valence-corrected chi connectivity index (χ2v) is 8.72. The van der Waals surface area contributed by atoms with Crippen LogP contribution >= 0.6 is 15.9 Å². The van der Waals surface area contributed by atoms with Gasteiger partial charge in [0.15, 0.2) is 9.84 Å². The first-order valence-electron chi connectivity index (χ1n) is 7.11. The monoisotopic (exact) mass is 351 g/mol. The van der Waals surface area contributed by atoms with Crippen molar-refractivity contribution in [2.45, 2.75) is 43.8 Å². The van der Waals surface area contributed by atoms with E-state index in [-0.39, 0.29) is 11.7 Å². The standard InChI is InChI=1S/C13H22BrNO3S/c14-7-6-11-4-3-8-15(10-11)13(16)12-5-1-2-9-19(12,17)18/h11-12H,1-10H2. The number of carbonyl (C=O) groups excluding carboxylic acids is 1. The maximum Gasteiger partial charge on any atom is 0.240 e. The fourth-order valence-corrected chi connectivity index (χ4v) is 5.61. The Labute approximate surface area is 124 Å². The zero-order chi connectivity index (χ0) is 13.9. The van der Waals surface area contributed by atoms with Crippen LogP contribution in [0.4, 0.5) is 0 Å². The quantitative estimate of drug-likeness (QED) is 0.730. The van der Waals surface area contributed by atoms with E-state index in [1.165, 1.54) is 0 Å². The highest BCUT2D eigenvalue weighted by atomic mass is 79.9. The summed E-state index contributed by atoms with van der Waals surface area (Å²) in [7, 11) is -3.20. The Balaban J connectivity index is 2.02. The molecule has 2 unspecified atom stereocenters. The van der Waals surface area contributed by atoms with Gasteiger partial charge in [0.1, 0.15) is 5.25 Å². The Bertz CT molecular complexity index is 422. The molecule has 2 saturated heterocycles. The van der Waals surface area contributed by atoms with Crippen LogP contribution in [0.1, 0.15) is 38.5 Å². The number of nitrogens with zero attached hydrogens (tertiary/aromatic N) is 1. The number of halogens is 1. The van der Waals surface area contributed by atoms with Gasteiger partial charge >= 0.3 is 0 Å². The molecule has 4 nitrogen and oxygen atoms in total. The van der Waals surface area contributed by atoms with E-state index in [9.17, 15) is 13.2 Å². The molecule has 1 amide bonds. The highest BCUT2D eigenvalue weighted by Gasteiger charge is 2.38. The van der Waals surface area contributed by atoms with E-state index < -0.39 is 15.1 Å². The highest BCUT2D eigenvalue weighted by Crippen LogP contribution is 2.25. The van der Waals surface area contributed by atoms with Crippen molar-refractivity contribution in [3.05, 3.63) is 0 Å². The third kappa shape index (κ3) is 3.72. The summed E-state index contributed by atoms with van der Waals surface area (Å²) in [6.45, 7) is 1.46. The maximum atomic E-state index is 12.5. The molecule has 110 valence electrons. The van der Waals surface area contributed by atoms with E-state index in [1.54, 1.807) is 4.90 Å². The van der Waals surface area contributed by atoms with E-state index in [0.29, 0.717) is 18.8 Å². The van der Waals surface area contributed by atoms with E-state index >= 15 is 0 Å². The average Bonchev–Trinajstić information content (AvgIpc) is 2.38. The van der Waals surface area contributed by atoms with Crippen LogP contribution in [0.15, 0.2) is 0 Å². The zero-order valence-electron chi connectivity index (χ0n) is 11.2. The molecular formula is C13H22BrNO3S. The van der Waals surface area contributed by atoms with Gasteiger partial charge in [-0.05, 0) is 38.0 Å². The maximum absolute atomic E-state index is 12.5. The molecule has 0 saturated carbocycles. The Morgan fingerprint density at radius 1 is 1.21 bits per heavy atom. The lowest BCUT2D eigenvalue weighted by atomic mass is 9.95. The van der Waals surface area contributed by atoms with Crippen molar-refractivity contribution in [2.24, 2.45) is 5.92 Å². The summed E-state index contributed by atoms with van der Waals surface area (Å²) >= 11 is 3.44. The Morgan fingerprint density at radius 3 is 2.68 bits per heavy atom. The molecule has 0 N–H and O–H groups in total. The molecule has 6 heteroatoms. The molecule has 0 radical (unpaired) electrons. The number of hydrogen-bond donors (Lipinski definition) is 0. The molecule has 0 bridgehead atoms. The molecule has 2 atom stereocenters. The fraction of sp³-hybridized carbons (Fsp3) is 0.923. The van der Waals surface area contributed by atoms with Gasteiger partial charge in [-0.25, -0.2) is 8.42 Å². The van der Waals surface area contributed by atoms with Crippen molar-refractivity contribution >= 4 is 31.7 Å². The molecule has 0 aliphatic carbocycles. The van der Waals surface area contributed by atoms with Crippen molar-refractivity contribution in [2.75, 3.05) is 24.2 Å². The predicted molar refractivity (Wildman–Crippen MR) is 79.1 cm³/mol. The lowest BCUT2D eigenvalue weighted by molar-refractivity contribution is -0.132. The minimum absolute atomic E-state index is 0.140. The van der Waals surface area contributed by atoms with Gasteiger partial charge in [-0.3, -0.25) is 4.79 Å². The normalized spacial score (nSPS) is 31.1. The molecule has 19 heavy (non-hydrogen) atoms. The van der Waals surface area contributed by atoms with Gasteiger partial charge < -0.3 is 4.90 Å². The Kier molecular flexibility index (Phi) is 5.29. The van der Waals surface area contributed by atoms with E-state index in [0.717, 1.165) is 44.1 Å². The van der Waals surface area contributed by atoms with Crippen molar-refractivity contribution in [1.29, 1.82) is 0 Å². The second-order valence-electron chi connectivity index (χ2n) is 5.62. The van der Waals surface area contributed by atoms with Crippen LogP contribution in [-0.4, -0.2) is 48.6 Å². The molecule has 0 aromatic rings. The van der Waals surface area contributed by atoms with Gasteiger partial charge in [0.05, 0.1) is 5.75 Å². The summed E-state index contributed by atoms with van der Waals surface area (Å²) < 4.78 is 24.0. The summed E-state index contributed by atoms with van der Waals surface area (Å²) in [6.07, 6.45) is 5.28. The second kappa shape index (κ2) is 6.57. The Hall–Kier alpha value is -0.100. The highest BCUT2D eigenvalue weighted by molar-refractivity contribution is 9.09. The number of likely N-dealkylation sites (tertiary alicyclic amines) is 1. The molecular weight excluding hydrogens is 330 g/mol. The molecule has 2 aliphatic rings. The third-order valence-electron chi connectivity index (χ3n) is 4.20. The molecule has 0 aromatic carbocycles. The summed E-state index contributed by atoms with van der Waals surface area (Å²) in [6, 6.07) is 0. The van der Waals surface area contributed by atoms with E-state index in [1.807, 2.05) is 0 Å². The lowest BCUT2D eigenvalue weighted by Crippen LogP contribution is -2.49. The lowest BCUT2D eigenvalue weighted by Gasteiger charge is -2.35. The summed E-state index contributed by atoms with van der Waals surface area (Å²) in [5, 5.41) is 0.186. The first kappa shape index (κ1) is 15.3. The number of carbonyl (C=O) groups is 1. The van der Waals surface area contributed by atoms with Crippen LogP contribution in [0.5, 0.6) is 0 Å². The third-order valence-corrected chi connectivity index (χ3v) is 6.82. The van der Waals surface area contributed by atoms with Crippen molar-refractivity contribution in [1.82, 2.24) is 4.90 Å². The average molecular weight is 352 g/mol. The fourth-order valence-electron chi connectivity index (χ4n) is 3.09. The van der Waals surface area contributed by atoms with Gasteiger partial charge in [0, 0.05) is 18.4 Å². The number of hydrogen-bond acceptors (Lipinski definition) is 3.